The highest BCUT2D eigenvalue weighted by atomic mass is 16.5. The number of amides is 2. The number of benzene rings is 1. The summed E-state index contributed by atoms with van der Waals surface area (Å²) in [6.07, 6.45) is 3.34. The molecule has 2 aromatic rings. The molecule has 1 N–H and O–H groups in total. The molecule has 0 bridgehead atoms. The number of methoxy groups -OCH3 is 1. The van der Waals surface area contributed by atoms with Gasteiger partial charge in [-0.25, -0.2) is 4.79 Å². The SMILES string of the molecule is COc1ccc(CCNC(=O)N2CCN(c3cc(C4CC4)nn3C)CC2)cc1. The highest BCUT2D eigenvalue weighted by Crippen LogP contribution is 2.40. The lowest BCUT2D eigenvalue weighted by Crippen LogP contribution is -2.52. The first-order valence-corrected chi connectivity index (χ1v) is 10.1. The van der Waals surface area contributed by atoms with E-state index in [1.54, 1.807) is 7.11 Å². The van der Waals surface area contributed by atoms with Crippen LogP contribution in [0.3, 0.4) is 0 Å². The molecule has 1 saturated heterocycles. The van der Waals surface area contributed by atoms with Gasteiger partial charge in [-0.2, -0.15) is 5.10 Å². The van der Waals surface area contributed by atoms with E-state index in [0.717, 1.165) is 38.3 Å². The van der Waals surface area contributed by atoms with Crippen molar-refractivity contribution in [2.45, 2.75) is 25.2 Å². The molecule has 0 unspecified atom stereocenters. The van der Waals surface area contributed by atoms with Crippen LogP contribution in [0.2, 0.25) is 0 Å². The van der Waals surface area contributed by atoms with E-state index in [9.17, 15) is 4.79 Å². The Labute approximate surface area is 166 Å². The van der Waals surface area contributed by atoms with E-state index in [2.05, 4.69) is 21.4 Å². The lowest BCUT2D eigenvalue weighted by Gasteiger charge is -2.35. The van der Waals surface area contributed by atoms with E-state index in [4.69, 9.17) is 4.74 Å². The molecule has 1 saturated carbocycles. The van der Waals surface area contributed by atoms with Crippen LogP contribution < -0.4 is 15.0 Å². The number of aryl methyl sites for hydroxylation is 1. The third-order valence-corrected chi connectivity index (χ3v) is 5.61. The number of rotatable bonds is 6. The lowest BCUT2D eigenvalue weighted by molar-refractivity contribution is 0.194. The van der Waals surface area contributed by atoms with Gasteiger partial charge in [-0.15, -0.1) is 0 Å². The number of nitrogens with one attached hydrogen (secondary N) is 1. The van der Waals surface area contributed by atoms with Gasteiger partial charge in [0, 0.05) is 51.8 Å². The van der Waals surface area contributed by atoms with Gasteiger partial charge in [0.25, 0.3) is 0 Å². The quantitative estimate of drug-likeness (QED) is 0.832. The summed E-state index contributed by atoms with van der Waals surface area (Å²) < 4.78 is 7.15. The Morgan fingerprint density at radius 2 is 1.89 bits per heavy atom. The van der Waals surface area contributed by atoms with Crippen molar-refractivity contribution < 1.29 is 9.53 Å². The van der Waals surface area contributed by atoms with Crippen LogP contribution in [0, 0.1) is 0 Å². The van der Waals surface area contributed by atoms with Crippen molar-refractivity contribution in [2.24, 2.45) is 7.05 Å². The monoisotopic (exact) mass is 383 g/mol. The van der Waals surface area contributed by atoms with E-state index in [1.807, 2.05) is 40.9 Å². The van der Waals surface area contributed by atoms with Crippen molar-refractivity contribution >= 4 is 11.8 Å². The molecule has 1 aromatic carbocycles. The number of aromatic nitrogens is 2. The van der Waals surface area contributed by atoms with E-state index >= 15 is 0 Å². The molecule has 0 spiro atoms. The van der Waals surface area contributed by atoms with Gasteiger partial charge >= 0.3 is 6.03 Å². The normalized spacial score (nSPS) is 16.9. The van der Waals surface area contributed by atoms with Crippen LogP contribution in [-0.4, -0.2) is 60.5 Å². The smallest absolute Gasteiger partial charge is 0.317 e. The Balaban J connectivity index is 1.22. The molecule has 0 atom stereocenters. The highest BCUT2D eigenvalue weighted by molar-refractivity contribution is 5.74. The summed E-state index contributed by atoms with van der Waals surface area (Å²) in [4.78, 5) is 16.7. The molecule has 2 heterocycles. The third kappa shape index (κ3) is 4.24. The molecule has 1 aliphatic carbocycles. The Morgan fingerprint density at radius 3 is 2.54 bits per heavy atom. The average Bonchev–Trinajstić information content (AvgIpc) is 3.50. The van der Waals surface area contributed by atoms with Gasteiger partial charge in [0.05, 0.1) is 12.8 Å². The second-order valence-corrected chi connectivity index (χ2v) is 7.63. The van der Waals surface area contributed by atoms with Crippen LogP contribution in [0.1, 0.15) is 30.0 Å². The maximum atomic E-state index is 12.5. The van der Waals surface area contributed by atoms with E-state index in [1.165, 1.54) is 29.9 Å². The Kier molecular flexibility index (Phi) is 5.41. The predicted molar refractivity (Wildman–Crippen MR) is 109 cm³/mol. The topological polar surface area (TPSA) is 62.6 Å². The molecular formula is C21H29N5O2. The van der Waals surface area contributed by atoms with Crippen LogP contribution in [0.15, 0.2) is 30.3 Å². The van der Waals surface area contributed by atoms with E-state index in [-0.39, 0.29) is 6.03 Å². The Bertz CT molecular complexity index is 805. The van der Waals surface area contributed by atoms with Crippen molar-refractivity contribution in [3.05, 3.63) is 41.6 Å². The fourth-order valence-electron chi connectivity index (χ4n) is 3.71. The summed E-state index contributed by atoms with van der Waals surface area (Å²) in [6, 6.07) is 10.2. The Morgan fingerprint density at radius 1 is 1.18 bits per heavy atom. The first-order valence-electron chi connectivity index (χ1n) is 10.1. The van der Waals surface area contributed by atoms with Crippen LogP contribution >= 0.6 is 0 Å². The maximum absolute atomic E-state index is 12.5. The number of nitrogens with zero attached hydrogens (tertiary/aromatic N) is 4. The molecule has 2 amide bonds. The van der Waals surface area contributed by atoms with Gasteiger partial charge in [-0.3, -0.25) is 4.68 Å². The maximum Gasteiger partial charge on any atom is 0.317 e. The van der Waals surface area contributed by atoms with Crippen molar-refractivity contribution in [3.63, 3.8) is 0 Å². The number of ether oxygens (including phenoxy) is 1. The standard InChI is InChI=1S/C21H29N5O2/c1-24-20(15-19(23-24)17-5-6-17)25-11-13-26(14-12-25)21(27)22-10-9-16-3-7-18(28-2)8-4-16/h3-4,7-8,15,17H,5-6,9-14H2,1-2H3,(H,22,27). The summed E-state index contributed by atoms with van der Waals surface area (Å²) in [5.41, 5.74) is 2.41. The molecule has 2 aliphatic rings. The van der Waals surface area contributed by atoms with Gasteiger partial charge in [0.2, 0.25) is 0 Å². The molecule has 7 heteroatoms. The number of hydrogen-bond donors (Lipinski definition) is 1. The lowest BCUT2D eigenvalue weighted by atomic mass is 10.1. The Hall–Kier alpha value is -2.70. The van der Waals surface area contributed by atoms with Crippen molar-refractivity contribution in [3.8, 4) is 5.75 Å². The zero-order valence-electron chi connectivity index (χ0n) is 16.7. The number of anilines is 1. The second kappa shape index (κ2) is 8.12. The summed E-state index contributed by atoms with van der Waals surface area (Å²) in [5, 5.41) is 7.70. The molecule has 7 nitrogen and oxygen atoms in total. The predicted octanol–water partition coefficient (Wildman–Crippen LogP) is 2.38. The highest BCUT2D eigenvalue weighted by Gasteiger charge is 2.29. The molecule has 150 valence electrons. The zero-order chi connectivity index (χ0) is 19.5. The molecular weight excluding hydrogens is 354 g/mol. The second-order valence-electron chi connectivity index (χ2n) is 7.63. The third-order valence-electron chi connectivity index (χ3n) is 5.61. The van der Waals surface area contributed by atoms with Crippen LogP contribution in [0.25, 0.3) is 0 Å². The molecule has 2 fully saturated rings. The van der Waals surface area contributed by atoms with Crippen LogP contribution in [0.5, 0.6) is 5.75 Å². The van der Waals surface area contributed by atoms with E-state index in [0.29, 0.717) is 12.5 Å². The van der Waals surface area contributed by atoms with Crippen molar-refractivity contribution in [1.82, 2.24) is 20.0 Å². The van der Waals surface area contributed by atoms with Crippen LogP contribution in [0.4, 0.5) is 10.6 Å². The largest absolute Gasteiger partial charge is 0.497 e. The number of hydrogen-bond acceptors (Lipinski definition) is 4. The average molecular weight is 383 g/mol. The molecule has 28 heavy (non-hydrogen) atoms. The number of carbonyl (C=O) groups is 1. The fraction of sp³-hybridized carbons (Fsp3) is 0.524. The first kappa shape index (κ1) is 18.7. The molecule has 0 radical (unpaired) electrons. The van der Waals surface area contributed by atoms with Gasteiger partial charge in [-0.1, -0.05) is 12.1 Å². The summed E-state index contributed by atoms with van der Waals surface area (Å²) in [5.74, 6) is 2.68. The van der Waals surface area contributed by atoms with Crippen LogP contribution in [-0.2, 0) is 13.5 Å². The fourth-order valence-corrected chi connectivity index (χ4v) is 3.71. The minimum atomic E-state index is 0.0248. The van der Waals surface area contributed by atoms with E-state index < -0.39 is 0 Å². The molecule has 4 rings (SSSR count). The molecule has 1 aliphatic heterocycles. The first-order chi connectivity index (χ1) is 13.6. The summed E-state index contributed by atoms with van der Waals surface area (Å²) in [6.45, 7) is 3.79. The van der Waals surface area contributed by atoms with Crippen molar-refractivity contribution in [2.75, 3.05) is 44.7 Å². The minimum absolute atomic E-state index is 0.0248. The number of carbonyl (C=O) groups excluding carboxylic acids is 1. The van der Waals surface area contributed by atoms with Gasteiger partial charge < -0.3 is 19.9 Å². The number of urea groups is 1. The van der Waals surface area contributed by atoms with Gasteiger partial charge in [0.1, 0.15) is 11.6 Å². The summed E-state index contributed by atoms with van der Waals surface area (Å²) in [7, 11) is 3.68. The minimum Gasteiger partial charge on any atom is -0.497 e. The number of piperazine rings is 1. The van der Waals surface area contributed by atoms with Crippen molar-refractivity contribution in [1.29, 1.82) is 0 Å². The zero-order valence-corrected chi connectivity index (χ0v) is 16.7. The summed E-state index contributed by atoms with van der Waals surface area (Å²) >= 11 is 0. The molecule has 1 aromatic heterocycles. The van der Waals surface area contributed by atoms with Gasteiger partial charge in [0.15, 0.2) is 0 Å². The van der Waals surface area contributed by atoms with Gasteiger partial charge in [-0.05, 0) is 37.0 Å².